The summed E-state index contributed by atoms with van der Waals surface area (Å²) in [5.41, 5.74) is 1.56. The zero-order chi connectivity index (χ0) is 18.0. The maximum absolute atomic E-state index is 11.9. The Balaban J connectivity index is 2.08. The Kier molecular flexibility index (Phi) is 4.76. The number of benzene rings is 2. The van der Waals surface area contributed by atoms with Crippen LogP contribution >= 0.6 is 15.9 Å². The highest BCUT2D eigenvalue weighted by molar-refractivity contribution is 9.10. The third kappa shape index (κ3) is 3.36. The van der Waals surface area contributed by atoms with Crippen molar-refractivity contribution in [2.75, 3.05) is 6.61 Å². The lowest BCUT2D eigenvalue weighted by molar-refractivity contribution is 0.0526. The second-order valence-electron chi connectivity index (χ2n) is 5.21. The van der Waals surface area contributed by atoms with Crippen LogP contribution < -0.4 is 0 Å². The van der Waals surface area contributed by atoms with Crippen LogP contribution in [0.5, 0.6) is 11.5 Å². The smallest absolute Gasteiger partial charge is 0.338 e. The average molecular weight is 403 g/mol. The highest BCUT2D eigenvalue weighted by atomic mass is 79.9. The van der Waals surface area contributed by atoms with Gasteiger partial charge in [-0.1, -0.05) is 6.07 Å². The molecule has 0 bridgehead atoms. The Labute approximate surface area is 152 Å². The van der Waals surface area contributed by atoms with Crippen molar-refractivity contribution >= 4 is 21.9 Å². The minimum Gasteiger partial charge on any atom is -0.507 e. The van der Waals surface area contributed by atoms with Gasteiger partial charge in [0.25, 0.3) is 0 Å². The first-order valence-corrected chi connectivity index (χ1v) is 8.33. The number of aromatic nitrogens is 2. The van der Waals surface area contributed by atoms with Crippen LogP contribution in [0.25, 0.3) is 17.1 Å². The van der Waals surface area contributed by atoms with E-state index in [1.54, 1.807) is 48.1 Å². The molecule has 2 aromatic carbocycles. The highest BCUT2D eigenvalue weighted by Crippen LogP contribution is 2.37. The van der Waals surface area contributed by atoms with Crippen LogP contribution in [-0.4, -0.2) is 32.3 Å². The molecule has 0 aliphatic heterocycles. The number of imidazole rings is 1. The molecule has 2 N–H and O–H groups in total. The number of rotatable bonds is 4. The molecule has 0 unspecified atom stereocenters. The number of aromatic hydroxyl groups is 2. The molecular weight excluding hydrogens is 388 g/mol. The zero-order valence-electron chi connectivity index (χ0n) is 13.3. The van der Waals surface area contributed by atoms with Crippen molar-refractivity contribution in [2.45, 2.75) is 6.92 Å². The van der Waals surface area contributed by atoms with Crippen molar-refractivity contribution in [3.05, 3.63) is 58.8 Å². The molecule has 6 nitrogen and oxygen atoms in total. The number of halogens is 1. The molecule has 3 aromatic rings. The van der Waals surface area contributed by atoms with E-state index in [0.29, 0.717) is 33.7 Å². The van der Waals surface area contributed by atoms with Gasteiger partial charge in [0, 0.05) is 24.1 Å². The summed E-state index contributed by atoms with van der Waals surface area (Å²) in [4.78, 5) is 16.2. The van der Waals surface area contributed by atoms with E-state index in [2.05, 4.69) is 20.9 Å². The second kappa shape index (κ2) is 6.98. The van der Waals surface area contributed by atoms with Gasteiger partial charge in [0.15, 0.2) is 0 Å². The van der Waals surface area contributed by atoms with Crippen LogP contribution in [0.2, 0.25) is 0 Å². The molecule has 0 saturated carbocycles. The van der Waals surface area contributed by atoms with Crippen LogP contribution in [0.1, 0.15) is 17.3 Å². The summed E-state index contributed by atoms with van der Waals surface area (Å²) in [7, 11) is 0. The molecule has 7 heteroatoms. The van der Waals surface area contributed by atoms with Crippen molar-refractivity contribution in [3.8, 4) is 28.6 Å². The largest absolute Gasteiger partial charge is 0.507 e. The molecule has 1 heterocycles. The average Bonchev–Trinajstić information content (AvgIpc) is 3.08. The van der Waals surface area contributed by atoms with Gasteiger partial charge in [0.05, 0.1) is 22.2 Å². The summed E-state index contributed by atoms with van der Waals surface area (Å²) in [6.45, 7) is 2.05. The highest BCUT2D eigenvalue weighted by Gasteiger charge is 2.16. The fourth-order valence-electron chi connectivity index (χ4n) is 2.44. The molecule has 3 rings (SSSR count). The van der Waals surface area contributed by atoms with Gasteiger partial charge in [-0.15, -0.1) is 0 Å². The van der Waals surface area contributed by atoms with Gasteiger partial charge in [-0.3, -0.25) is 4.57 Å². The first kappa shape index (κ1) is 17.0. The monoisotopic (exact) mass is 402 g/mol. The van der Waals surface area contributed by atoms with E-state index in [9.17, 15) is 15.0 Å². The van der Waals surface area contributed by atoms with Crippen molar-refractivity contribution in [2.24, 2.45) is 0 Å². The van der Waals surface area contributed by atoms with Crippen LogP contribution in [0, 0.1) is 0 Å². The molecular formula is C18H15BrN2O4. The van der Waals surface area contributed by atoms with Crippen molar-refractivity contribution in [1.29, 1.82) is 0 Å². The van der Waals surface area contributed by atoms with Crippen LogP contribution in [0.15, 0.2) is 53.3 Å². The molecule has 0 aliphatic carbocycles. The zero-order valence-corrected chi connectivity index (χ0v) is 14.9. The summed E-state index contributed by atoms with van der Waals surface area (Å²) in [6.07, 6.45) is 3.31. The van der Waals surface area contributed by atoms with Crippen LogP contribution in [0.3, 0.4) is 0 Å². The number of hydrogen-bond acceptors (Lipinski definition) is 5. The van der Waals surface area contributed by atoms with Crippen LogP contribution in [0.4, 0.5) is 0 Å². The number of phenols is 2. The third-order valence-corrected chi connectivity index (χ3v) is 4.22. The summed E-state index contributed by atoms with van der Waals surface area (Å²) < 4.78 is 7.20. The Bertz CT molecular complexity index is 937. The Morgan fingerprint density at radius 3 is 2.80 bits per heavy atom. The molecule has 0 atom stereocenters. The number of carbonyl (C=O) groups excluding carboxylic acids is 1. The maximum Gasteiger partial charge on any atom is 0.338 e. The fourth-order valence-corrected chi connectivity index (χ4v) is 2.78. The predicted octanol–water partition coefficient (Wildman–Crippen LogP) is 3.89. The summed E-state index contributed by atoms with van der Waals surface area (Å²) in [5, 5.41) is 19.8. The van der Waals surface area contributed by atoms with Crippen molar-refractivity contribution in [1.82, 2.24) is 9.55 Å². The minimum atomic E-state index is -0.402. The summed E-state index contributed by atoms with van der Waals surface area (Å²) >= 11 is 3.24. The van der Waals surface area contributed by atoms with Crippen molar-refractivity contribution in [3.63, 3.8) is 0 Å². The standard InChI is InChI=1S/C18H15BrN2O4/c1-2-25-18(24)11-4-3-5-12(8-11)21-7-6-20-17(21)13-9-14(19)16(23)10-15(13)22/h3-10,22-23H,2H2,1H3. The quantitative estimate of drug-likeness (QED) is 0.646. The molecule has 0 saturated heterocycles. The molecule has 1 aromatic heterocycles. The van der Waals surface area contributed by atoms with E-state index >= 15 is 0 Å². The number of phenolic OH excluding ortho intramolecular Hbond substituents is 2. The summed E-state index contributed by atoms with van der Waals surface area (Å²) in [5.74, 6) is -0.0983. The number of ether oxygens (including phenoxy) is 1. The lowest BCUT2D eigenvalue weighted by Gasteiger charge is -2.11. The summed E-state index contributed by atoms with van der Waals surface area (Å²) in [6, 6.07) is 9.76. The van der Waals surface area contributed by atoms with E-state index in [1.165, 1.54) is 6.07 Å². The lowest BCUT2D eigenvalue weighted by atomic mass is 10.1. The Morgan fingerprint density at radius 1 is 1.24 bits per heavy atom. The van der Waals surface area contributed by atoms with Gasteiger partial charge in [-0.2, -0.15) is 0 Å². The normalized spacial score (nSPS) is 10.6. The number of nitrogens with zero attached hydrogens (tertiary/aromatic N) is 2. The topological polar surface area (TPSA) is 84.6 Å². The maximum atomic E-state index is 11.9. The number of esters is 1. The van der Waals surface area contributed by atoms with E-state index in [-0.39, 0.29) is 11.5 Å². The van der Waals surface area contributed by atoms with Gasteiger partial charge in [-0.05, 0) is 47.1 Å². The van der Waals surface area contributed by atoms with E-state index in [4.69, 9.17) is 4.74 Å². The first-order chi connectivity index (χ1) is 12.0. The van der Waals surface area contributed by atoms with E-state index in [0.717, 1.165) is 0 Å². The lowest BCUT2D eigenvalue weighted by Crippen LogP contribution is -2.06. The second-order valence-corrected chi connectivity index (χ2v) is 6.07. The van der Waals surface area contributed by atoms with Gasteiger partial charge < -0.3 is 14.9 Å². The molecule has 128 valence electrons. The molecule has 0 fully saturated rings. The minimum absolute atomic E-state index is 0.0661. The molecule has 25 heavy (non-hydrogen) atoms. The fraction of sp³-hybridized carbons (Fsp3) is 0.111. The van der Waals surface area contributed by atoms with Crippen LogP contribution in [-0.2, 0) is 4.74 Å². The van der Waals surface area contributed by atoms with E-state index in [1.807, 2.05) is 6.07 Å². The predicted molar refractivity (Wildman–Crippen MR) is 96.0 cm³/mol. The molecule has 0 amide bonds. The SMILES string of the molecule is CCOC(=O)c1cccc(-n2ccnc2-c2cc(Br)c(O)cc2O)c1. The molecule has 0 spiro atoms. The van der Waals surface area contributed by atoms with Gasteiger partial charge in [0.2, 0.25) is 0 Å². The van der Waals surface area contributed by atoms with Gasteiger partial charge >= 0.3 is 5.97 Å². The third-order valence-electron chi connectivity index (χ3n) is 3.58. The number of hydrogen-bond donors (Lipinski definition) is 2. The molecule has 0 aliphatic rings. The van der Waals surface area contributed by atoms with E-state index < -0.39 is 5.97 Å². The van der Waals surface area contributed by atoms with Crippen molar-refractivity contribution < 1.29 is 19.7 Å². The first-order valence-electron chi connectivity index (χ1n) is 7.54. The van der Waals surface area contributed by atoms with Gasteiger partial charge in [0.1, 0.15) is 17.3 Å². The molecule has 0 radical (unpaired) electrons. The Morgan fingerprint density at radius 2 is 2.04 bits per heavy atom. The van der Waals surface area contributed by atoms with Gasteiger partial charge in [-0.25, -0.2) is 9.78 Å². The number of carbonyl (C=O) groups is 1. The Hall–Kier alpha value is -2.80.